The van der Waals surface area contributed by atoms with Gasteiger partial charge in [-0.05, 0) is 25.1 Å². The predicted molar refractivity (Wildman–Crippen MR) is 104 cm³/mol. The Balaban J connectivity index is 1.90. The van der Waals surface area contributed by atoms with E-state index in [9.17, 15) is 18.0 Å². The number of aryl methyl sites for hydroxylation is 1. The van der Waals surface area contributed by atoms with E-state index in [-0.39, 0.29) is 51.6 Å². The van der Waals surface area contributed by atoms with E-state index in [2.05, 4.69) is 9.84 Å². The maximum absolute atomic E-state index is 14.6. The molecule has 2 heterocycles. The number of hydrogen-bond donors (Lipinski definition) is 0. The van der Waals surface area contributed by atoms with Crippen LogP contribution in [-0.4, -0.2) is 29.0 Å². The Hall–Kier alpha value is -2.85. The summed E-state index contributed by atoms with van der Waals surface area (Å²) in [6, 6.07) is 3.58. The van der Waals surface area contributed by atoms with E-state index < -0.39 is 24.3 Å². The lowest BCUT2D eigenvalue weighted by molar-refractivity contribution is -0.0552. The number of furan rings is 1. The zero-order chi connectivity index (χ0) is 22.7. The zero-order valence-electron chi connectivity index (χ0n) is 16.1. The number of carbonyl (C=O) groups excluding carboxylic acids is 1. The molecule has 0 amide bonds. The summed E-state index contributed by atoms with van der Waals surface area (Å²) in [6.45, 7) is -1.52. The average molecular weight is 479 g/mol. The van der Waals surface area contributed by atoms with Gasteiger partial charge in [0, 0.05) is 12.6 Å². The highest BCUT2D eigenvalue weighted by Crippen LogP contribution is 2.40. The molecule has 0 radical (unpaired) electrons. The van der Waals surface area contributed by atoms with Gasteiger partial charge in [-0.2, -0.15) is 13.9 Å². The molecule has 1 aromatic carbocycles. The molecule has 0 unspecified atom stereocenters. The molecule has 0 aliphatic heterocycles. The first-order valence-electron chi connectivity index (χ1n) is 8.75. The third-order valence-electron chi connectivity index (χ3n) is 4.02. The van der Waals surface area contributed by atoms with Crippen LogP contribution in [0.15, 0.2) is 28.9 Å². The van der Waals surface area contributed by atoms with Crippen molar-refractivity contribution >= 4 is 29.2 Å². The van der Waals surface area contributed by atoms with E-state index in [0.29, 0.717) is 0 Å². The van der Waals surface area contributed by atoms with Crippen LogP contribution in [0.25, 0.3) is 11.3 Å². The van der Waals surface area contributed by atoms with Crippen molar-refractivity contribution in [2.45, 2.75) is 20.1 Å². The third kappa shape index (κ3) is 4.91. The monoisotopic (exact) mass is 478 g/mol. The number of aromatic nitrogens is 2. The fourth-order valence-corrected chi connectivity index (χ4v) is 3.19. The molecule has 31 heavy (non-hydrogen) atoms. The normalized spacial score (nSPS) is 11.1. The zero-order valence-corrected chi connectivity index (χ0v) is 17.6. The van der Waals surface area contributed by atoms with Crippen LogP contribution in [0.3, 0.4) is 0 Å². The van der Waals surface area contributed by atoms with Gasteiger partial charge in [-0.3, -0.25) is 0 Å². The molecule has 3 rings (SSSR count). The molecule has 0 bridgehead atoms. The number of hydrogen-bond acceptors (Lipinski definition) is 6. The molecule has 7 nitrogen and oxygen atoms in total. The van der Waals surface area contributed by atoms with Crippen molar-refractivity contribution in [3.05, 3.63) is 51.6 Å². The third-order valence-corrected chi connectivity index (χ3v) is 4.65. The van der Waals surface area contributed by atoms with Crippen molar-refractivity contribution in [2.24, 2.45) is 7.05 Å². The van der Waals surface area contributed by atoms with Gasteiger partial charge in [0.05, 0.1) is 17.9 Å². The minimum Gasteiger partial charge on any atom is -0.484 e. The van der Waals surface area contributed by atoms with Gasteiger partial charge in [0.25, 0.3) is 0 Å². The summed E-state index contributed by atoms with van der Waals surface area (Å²) in [5.41, 5.74) is -0.139. The number of esters is 1. The summed E-state index contributed by atoms with van der Waals surface area (Å²) in [6.07, 6.45) is 1.29. The number of rotatable bonds is 8. The summed E-state index contributed by atoms with van der Waals surface area (Å²) in [5.74, 6) is -1.65. The minimum atomic E-state index is -3.14. The molecular formula is C19H15Cl2F3N2O5. The van der Waals surface area contributed by atoms with Crippen LogP contribution in [0.5, 0.6) is 11.6 Å². The molecule has 0 fully saturated rings. The van der Waals surface area contributed by atoms with E-state index in [4.69, 9.17) is 37.1 Å². The summed E-state index contributed by atoms with van der Waals surface area (Å²) < 4.78 is 60.7. The van der Waals surface area contributed by atoms with Gasteiger partial charge in [-0.1, -0.05) is 23.2 Å². The van der Waals surface area contributed by atoms with Crippen LogP contribution in [0.2, 0.25) is 10.0 Å². The largest absolute Gasteiger partial charge is 0.484 e. The van der Waals surface area contributed by atoms with Crippen LogP contribution >= 0.6 is 23.2 Å². The van der Waals surface area contributed by atoms with Crippen LogP contribution in [-0.2, 0) is 18.4 Å². The fraction of sp³-hybridized carbons (Fsp3) is 0.263. The van der Waals surface area contributed by atoms with Gasteiger partial charge in [0.15, 0.2) is 5.76 Å². The SMILES string of the molecule is CCOC(=O)c1ccoc1COc1cc(-c2nn(C)c(OC(F)F)c2Cl)c(F)cc1Cl. The second-order valence-electron chi connectivity index (χ2n) is 6.00. The van der Waals surface area contributed by atoms with Gasteiger partial charge in [0.1, 0.15) is 34.5 Å². The fourth-order valence-electron chi connectivity index (χ4n) is 2.67. The number of benzene rings is 1. The molecule has 0 N–H and O–H groups in total. The molecule has 0 spiro atoms. The highest BCUT2D eigenvalue weighted by molar-refractivity contribution is 6.34. The van der Waals surface area contributed by atoms with Crippen LogP contribution in [0.1, 0.15) is 23.0 Å². The summed E-state index contributed by atoms with van der Waals surface area (Å²) in [4.78, 5) is 11.9. The van der Waals surface area contributed by atoms with Gasteiger partial charge in [-0.15, -0.1) is 0 Å². The highest BCUT2D eigenvalue weighted by Gasteiger charge is 2.24. The Morgan fingerprint density at radius 1 is 1.32 bits per heavy atom. The first-order chi connectivity index (χ1) is 14.7. The molecule has 12 heteroatoms. The summed E-state index contributed by atoms with van der Waals surface area (Å²) >= 11 is 12.1. The quantitative estimate of drug-likeness (QED) is 0.398. The van der Waals surface area contributed by atoms with Crippen molar-refractivity contribution in [3.63, 3.8) is 0 Å². The molecular weight excluding hydrogens is 464 g/mol. The molecule has 0 atom stereocenters. The maximum atomic E-state index is 14.6. The Kier molecular flexibility index (Phi) is 7.01. The van der Waals surface area contributed by atoms with Crippen LogP contribution < -0.4 is 9.47 Å². The standard InChI is InChI=1S/C19H15Cl2F3N2O5/c1-3-28-18(27)9-4-5-29-14(9)8-30-13-6-10(12(22)7-11(13)20)16-15(21)17(26(2)25-16)31-19(23)24/h4-7,19H,3,8H2,1-2H3. The Labute approximate surface area is 184 Å². The lowest BCUT2D eigenvalue weighted by Crippen LogP contribution is -2.07. The van der Waals surface area contributed by atoms with Crippen molar-refractivity contribution < 1.29 is 36.6 Å². The summed E-state index contributed by atoms with van der Waals surface area (Å²) in [7, 11) is 1.31. The van der Waals surface area contributed by atoms with Gasteiger partial charge >= 0.3 is 12.6 Å². The lowest BCUT2D eigenvalue weighted by Gasteiger charge is -2.10. The Morgan fingerprint density at radius 3 is 2.74 bits per heavy atom. The molecule has 0 saturated heterocycles. The Bertz CT molecular complexity index is 1100. The molecule has 0 saturated carbocycles. The Morgan fingerprint density at radius 2 is 2.06 bits per heavy atom. The highest BCUT2D eigenvalue weighted by atomic mass is 35.5. The number of halogens is 5. The first kappa shape index (κ1) is 22.8. The molecule has 3 aromatic rings. The van der Waals surface area contributed by atoms with Crippen LogP contribution in [0, 0.1) is 5.82 Å². The van der Waals surface area contributed by atoms with Crippen molar-refractivity contribution in [1.29, 1.82) is 0 Å². The second-order valence-corrected chi connectivity index (χ2v) is 6.78. The maximum Gasteiger partial charge on any atom is 0.388 e. The lowest BCUT2D eigenvalue weighted by atomic mass is 10.1. The minimum absolute atomic E-state index is 0.0160. The topological polar surface area (TPSA) is 75.7 Å². The van der Waals surface area contributed by atoms with Crippen molar-refractivity contribution in [2.75, 3.05) is 6.61 Å². The smallest absolute Gasteiger partial charge is 0.388 e. The van der Waals surface area contributed by atoms with Crippen molar-refractivity contribution in [1.82, 2.24) is 9.78 Å². The van der Waals surface area contributed by atoms with Gasteiger partial charge in [-0.25, -0.2) is 13.9 Å². The van der Waals surface area contributed by atoms with Gasteiger partial charge in [0.2, 0.25) is 5.88 Å². The number of carbonyl (C=O) groups is 1. The average Bonchev–Trinajstić information content (AvgIpc) is 3.27. The number of ether oxygens (including phenoxy) is 3. The predicted octanol–water partition coefficient (Wildman–Crippen LogP) is 5.48. The first-order valence-corrected chi connectivity index (χ1v) is 9.51. The molecule has 166 valence electrons. The van der Waals surface area contributed by atoms with E-state index in [1.807, 2.05) is 0 Å². The van der Waals surface area contributed by atoms with E-state index >= 15 is 0 Å². The molecule has 2 aromatic heterocycles. The van der Waals surface area contributed by atoms with E-state index in [0.717, 1.165) is 10.7 Å². The van der Waals surface area contributed by atoms with E-state index in [1.54, 1.807) is 6.92 Å². The number of nitrogens with zero attached hydrogens (tertiary/aromatic N) is 2. The number of alkyl halides is 2. The van der Waals surface area contributed by atoms with Crippen molar-refractivity contribution in [3.8, 4) is 22.9 Å². The van der Waals surface area contributed by atoms with E-state index in [1.165, 1.54) is 25.4 Å². The van der Waals surface area contributed by atoms with Gasteiger partial charge < -0.3 is 18.6 Å². The molecule has 0 aliphatic rings. The van der Waals surface area contributed by atoms with Crippen LogP contribution in [0.4, 0.5) is 13.2 Å². The molecule has 0 aliphatic carbocycles. The second kappa shape index (κ2) is 9.52. The summed E-state index contributed by atoms with van der Waals surface area (Å²) in [5, 5.41) is 3.54.